The number of rotatable bonds is 1. The third-order valence-electron chi connectivity index (χ3n) is 2.26. The van der Waals surface area contributed by atoms with Crippen molar-refractivity contribution in [3.8, 4) is 0 Å². The molecule has 70 valence electrons. The van der Waals surface area contributed by atoms with Gasteiger partial charge in [0.25, 0.3) is 0 Å². The fraction of sp³-hybridized carbons (Fsp3) is 0.800. The van der Waals surface area contributed by atoms with Gasteiger partial charge in [0, 0.05) is 0 Å². The summed E-state index contributed by atoms with van der Waals surface area (Å²) in [6.07, 6.45) is 4.81. The standard InChI is InChI=1S/C10H19NO/c1-9(2)8-10(12)4-3-6-11-7-5-10/h8,11-12H,3-7H2,1-2H3. The van der Waals surface area contributed by atoms with E-state index in [9.17, 15) is 5.11 Å². The highest BCUT2D eigenvalue weighted by Gasteiger charge is 2.24. The highest BCUT2D eigenvalue weighted by atomic mass is 16.3. The lowest BCUT2D eigenvalue weighted by atomic mass is 9.93. The van der Waals surface area contributed by atoms with Crippen LogP contribution in [0.25, 0.3) is 0 Å². The van der Waals surface area contributed by atoms with Gasteiger partial charge in [-0.2, -0.15) is 0 Å². The van der Waals surface area contributed by atoms with Crippen LogP contribution in [0.15, 0.2) is 11.6 Å². The Morgan fingerprint density at radius 2 is 2.08 bits per heavy atom. The lowest BCUT2D eigenvalue weighted by Gasteiger charge is -2.22. The molecule has 2 N–H and O–H groups in total. The summed E-state index contributed by atoms with van der Waals surface area (Å²) in [6, 6.07) is 0. The summed E-state index contributed by atoms with van der Waals surface area (Å²) in [4.78, 5) is 0. The van der Waals surface area contributed by atoms with Crippen molar-refractivity contribution in [3.05, 3.63) is 11.6 Å². The zero-order chi connectivity index (χ0) is 9.03. The van der Waals surface area contributed by atoms with E-state index in [1.54, 1.807) is 0 Å². The molecule has 1 heterocycles. The first kappa shape index (κ1) is 9.75. The molecule has 2 heteroatoms. The fourth-order valence-corrected chi connectivity index (χ4v) is 1.76. The van der Waals surface area contributed by atoms with E-state index < -0.39 is 5.60 Å². The molecular weight excluding hydrogens is 150 g/mol. The molecule has 0 radical (unpaired) electrons. The van der Waals surface area contributed by atoms with Gasteiger partial charge in [-0.25, -0.2) is 0 Å². The van der Waals surface area contributed by atoms with Gasteiger partial charge in [-0.15, -0.1) is 0 Å². The smallest absolute Gasteiger partial charge is 0.0842 e. The van der Waals surface area contributed by atoms with Crippen molar-refractivity contribution in [2.75, 3.05) is 13.1 Å². The molecule has 1 aliphatic heterocycles. The molecule has 0 aromatic carbocycles. The SMILES string of the molecule is CC(C)=CC1(O)CCCNCC1. The fourth-order valence-electron chi connectivity index (χ4n) is 1.76. The van der Waals surface area contributed by atoms with E-state index in [1.807, 2.05) is 19.9 Å². The molecule has 1 fully saturated rings. The minimum absolute atomic E-state index is 0.539. The number of nitrogens with one attached hydrogen (secondary N) is 1. The van der Waals surface area contributed by atoms with Crippen LogP contribution in [0.2, 0.25) is 0 Å². The highest BCUT2D eigenvalue weighted by Crippen LogP contribution is 2.22. The number of aliphatic hydroxyl groups is 1. The molecule has 0 bridgehead atoms. The van der Waals surface area contributed by atoms with Crippen molar-refractivity contribution < 1.29 is 5.11 Å². The first-order valence-corrected chi connectivity index (χ1v) is 4.72. The molecule has 1 rings (SSSR count). The van der Waals surface area contributed by atoms with E-state index in [0.717, 1.165) is 32.4 Å². The largest absolute Gasteiger partial charge is 0.386 e. The molecular formula is C10H19NO. The van der Waals surface area contributed by atoms with Crippen LogP contribution >= 0.6 is 0 Å². The topological polar surface area (TPSA) is 32.3 Å². The van der Waals surface area contributed by atoms with E-state index in [0.29, 0.717) is 0 Å². The van der Waals surface area contributed by atoms with Crippen LogP contribution in [-0.2, 0) is 0 Å². The molecule has 0 aromatic rings. The minimum Gasteiger partial charge on any atom is -0.386 e. The van der Waals surface area contributed by atoms with Crippen LogP contribution in [0.4, 0.5) is 0 Å². The Balaban J connectivity index is 2.60. The molecule has 1 unspecified atom stereocenters. The van der Waals surface area contributed by atoms with Crippen LogP contribution in [0.3, 0.4) is 0 Å². The van der Waals surface area contributed by atoms with E-state index >= 15 is 0 Å². The number of allylic oxidation sites excluding steroid dienone is 1. The highest BCUT2D eigenvalue weighted by molar-refractivity contribution is 5.07. The molecule has 1 atom stereocenters. The molecule has 0 aliphatic carbocycles. The summed E-state index contributed by atoms with van der Waals surface area (Å²) >= 11 is 0. The van der Waals surface area contributed by atoms with Crippen molar-refractivity contribution in [1.82, 2.24) is 5.32 Å². The normalized spacial score (nSPS) is 30.9. The van der Waals surface area contributed by atoms with Gasteiger partial charge in [-0.05, 0) is 46.2 Å². The van der Waals surface area contributed by atoms with Gasteiger partial charge in [0.05, 0.1) is 5.60 Å². The summed E-state index contributed by atoms with van der Waals surface area (Å²) in [5.41, 5.74) is 0.668. The van der Waals surface area contributed by atoms with Crippen molar-refractivity contribution in [1.29, 1.82) is 0 Å². The Hall–Kier alpha value is -0.340. The average molecular weight is 169 g/mol. The van der Waals surface area contributed by atoms with Gasteiger partial charge in [-0.1, -0.05) is 11.6 Å². The van der Waals surface area contributed by atoms with Crippen molar-refractivity contribution >= 4 is 0 Å². The van der Waals surface area contributed by atoms with Gasteiger partial charge in [-0.3, -0.25) is 0 Å². The van der Waals surface area contributed by atoms with Crippen LogP contribution in [-0.4, -0.2) is 23.8 Å². The van der Waals surface area contributed by atoms with E-state index in [1.165, 1.54) is 5.57 Å². The van der Waals surface area contributed by atoms with Crippen LogP contribution in [0.5, 0.6) is 0 Å². The molecule has 0 saturated carbocycles. The maximum atomic E-state index is 10.1. The second-order valence-corrected chi connectivity index (χ2v) is 3.93. The Morgan fingerprint density at radius 3 is 2.75 bits per heavy atom. The molecule has 0 aromatic heterocycles. The van der Waals surface area contributed by atoms with Gasteiger partial charge in [0.15, 0.2) is 0 Å². The first-order valence-electron chi connectivity index (χ1n) is 4.72. The Labute approximate surface area is 74.7 Å². The summed E-state index contributed by atoms with van der Waals surface area (Å²) in [7, 11) is 0. The van der Waals surface area contributed by atoms with Crippen molar-refractivity contribution in [3.63, 3.8) is 0 Å². The lowest BCUT2D eigenvalue weighted by molar-refractivity contribution is 0.0774. The Morgan fingerprint density at radius 1 is 1.33 bits per heavy atom. The molecule has 0 spiro atoms. The first-order chi connectivity index (χ1) is 5.62. The van der Waals surface area contributed by atoms with E-state index in [-0.39, 0.29) is 0 Å². The van der Waals surface area contributed by atoms with Crippen LogP contribution < -0.4 is 5.32 Å². The quantitative estimate of drug-likeness (QED) is 0.582. The van der Waals surface area contributed by atoms with Gasteiger partial charge < -0.3 is 10.4 Å². The maximum Gasteiger partial charge on any atom is 0.0842 e. The molecule has 12 heavy (non-hydrogen) atoms. The minimum atomic E-state index is -0.539. The summed E-state index contributed by atoms with van der Waals surface area (Å²) in [5, 5.41) is 13.4. The van der Waals surface area contributed by atoms with E-state index in [2.05, 4.69) is 5.32 Å². The zero-order valence-electron chi connectivity index (χ0n) is 8.06. The number of hydrogen-bond acceptors (Lipinski definition) is 2. The summed E-state index contributed by atoms with van der Waals surface area (Å²) in [6.45, 7) is 6.05. The molecule has 0 amide bonds. The van der Waals surface area contributed by atoms with Crippen LogP contribution in [0.1, 0.15) is 33.1 Å². The van der Waals surface area contributed by atoms with Gasteiger partial charge in [0.1, 0.15) is 0 Å². The average Bonchev–Trinajstić information content (AvgIpc) is 2.12. The zero-order valence-corrected chi connectivity index (χ0v) is 8.06. The predicted molar refractivity (Wildman–Crippen MR) is 51.1 cm³/mol. The number of hydrogen-bond donors (Lipinski definition) is 2. The molecule has 2 nitrogen and oxygen atoms in total. The van der Waals surface area contributed by atoms with Crippen LogP contribution in [0, 0.1) is 0 Å². The third-order valence-corrected chi connectivity index (χ3v) is 2.26. The summed E-state index contributed by atoms with van der Waals surface area (Å²) < 4.78 is 0. The van der Waals surface area contributed by atoms with Gasteiger partial charge >= 0.3 is 0 Å². The predicted octanol–water partition coefficient (Wildman–Crippen LogP) is 1.46. The Kier molecular flexibility index (Phi) is 3.29. The lowest BCUT2D eigenvalue weighted by Crippen LogP contribution is -2.27. The summed E-state index contributed by atoms with van der Waals surface area (Å²) in [5.74, 6) is 0. The monoisotopic (exact) mass is 169 g/mol. The van der Waals surface area contributed by atoms with Gasteiger partial charge in [0.2, 0.25) is 0 Å². The van der Waals surface area contributed by atoms with Crippen molar-refractivity contribution in [2.45, 2.75) is 38.7 Å². The third kappa shape index (κ3) is 2.95. The second kappa shape index (κ2) is 4.06. The second-order valence-electron chi connectivity index (χ2n) is 3.93. The molecule has 1 saturated heterocycles. The maximum absolute atomic E-state index is 10.1. The Bertz CT molecular complexity index is 163. The van der Waals surface area contributed by atoms with E-state index in [4.69, 9.17) is 0 Å². The molecule has 1 aliphatic rings. The van der Waals surface area contributed by atoms with Crippen molar-refractivity contribution in [2.24, 2.45) is 0 Å².